The highest BCUT2D eigenvalue weighted by Gasteiger charge is 2.34. The number of hydrogen-bond donors (Lipinski definition) is 0. The number of esters is 1. The maximum Gasteiger partial charge on any atom is 0.306 e. The number of hydrogen-bond acceptors (Lipinski definition) is 6. The van der Waals surface area contributed by atoms with Crippen LogP contribution >= 0.6 is 0 Å². The van der Waals surface area contributed by atoms with E-state index in [1.54, 1.807) is 31.6 Å². The smallest absolute Gasteiger partial charge is 0.306 e. The van der Waals surface area contributed by atoms with Gasteiger partial charge in [0.2, 0.25) is 5.88 Å². The zero-order valence-electron chi connectivity index (χ0n) is 22.9. The molecule has 1 atom stereocenters. The van der Waals surface area contributed by atoms with Crippen molar-refractivity contribution in [2.75, 3.05) is 13.7 Å². The molecule has 6 nitrogen and oxygen atoms in total. The predicted octanol–water partition coefficient (Wildman–Crippen LogP) is 6.91. The summed E-state index contributed by atoms with van der Waals surface area (Å²) in [5.74, 6) is 1.16. The van der Waals surface area contributed by atoms with E-state index >= 15 is 0 Å². The molecule has 1 saturated carbocycles. The maximum absolute atomic E-state index is 14.8. The summed E-state index contributed by atoms with van der Waals surface area (Å²) in [6.07, 6.45) is 6.76. The minimum absolute atomic E-state index is 0.0299. The van der Waals surface area contributed by atoms with E-state index in [2.05, 4.69) is 30.7 Å². The van der Waals surface area contributed by atoms with Gasteiger partial charge in [-0.05, 0) is 84.9 Å². The summed E-state index contributed by atoms with van der Waals surface area (Å²) >= 11 is 0. The van der Waals surface area contributed by atoms with Gasteiger partial charge in [0.05, 0.1) is 25.8 Å². The first-order valence-corrected chi connectivity index (χ1v) is 13.2. The molecule has 3 aromatic rings. The van der Waals surface area contributed by atoms with Crippen molar-refractivity contribution >= 4 is 5.97 Å². The summed E-state index contributed by atoms with van der Waals surface area (Å²) in [4.78, 5) is 21.2. The fraction of sp³-hybridized carbons (Fsp3) is 0.452. The van der Waals surface area contributed by atoms with Crippen LogP contribution in [0.3, 0.4) is 0 Å². The largest absolute Gasteiger partial charge is 0.497 e. The van der Waals surface area contributed by atoms with Crippen molar-refractivity contribution in [1.82, 2.24) is 9.97 Å². The summed E-state index contributed by atoms with van der Waals surface area (Å²) in [5, 5.41) is 0. The van der Waals surface area contributed by atoms with Gasteiger partial charge in [-0.1, -0.05) is 20.8 Å². The van der Waals surface area contributed by atoms with Gasteiger partial charge in [0.15, 0.2) is 0 Å². The van der Waals surface area contributed by atoms with Crippen LogP contribution in [-0.4, -0.2) is 29.7 Å². The number of ether oxygens (including phenoxy) is 3. The van der Waals surface area contributed by atoms with E-state index in [0.29, 0.717) is 48.3 Å². The van der Waals surface area contributed by atoms with Crippen LogP contribution in [0.4, 0.5) is 4.39 Å². The van der Waals surface area contributed by atoms with Crippen molar-refractivity contribution in [3.8, 4) is 22.9 Å². The lowest BCUT2D eigenvalue weighted by atomic mass is 9.86. The van der Waals surface area contributed by atoms with Crippen LogP contribution in [0.5, 0.6) is 11.6 Å². The van der Waals surface area contributed by atoms with Crippen molar-refractivity contribution < 1.29 is 23.4 Å². The molecule has 4 rings (SSSR count). The SMILES string of the molecule is CCOC(=O)CC(c1ccnc(OCc2cnc(-c3cc(OC)ccc3F)c(CC(C)(C)C)c2)c1)C1CC1. The van der Waals surface area contributed by atoms with Gasteiger partial charge in [-0.25, -0.2) is 9.37 Å². The van der Waals surface area contributed by atoms with Gasteiger partial charge in [0, 0.05) is 29.6 Å². The lowest BCUT2D eigenvalue weighted by molar-refractivity contribution is -0.143. The quantitative estimate of drug-likeness (QED) is 0.256. The Labute approximate surface area is 224 Å². The number of pyridine rings is 2. The Morgan fingerprint density at radius 2 is 1.92 bits per heavy atom. The molecule has 38 heavy (non-hydrogen) atoms. The third kappa shape index (κ3) is 7.30. The van der Waals surface area contributed by atoms with Crippen molar-refractivity contribution in [3.05, 3.63) is 71.3 Å². The Balaban J connectivity index is 1.55. The van der Waals surface area contributed by atoms with Gasteiger partial charge in [-0.2, -0.15) is 0 Å². The zero-order valence-corrected chi connectivity index (χ0v) is 22.9. The van der Waals surface area contributed by atoms with E-state index in [-0.39, 0.29) is 29.7 Å². The molecular formula is C31H37FN2O4. The third-order valence-electron chi connectivity index (χ3n) is 6.63. The molecule has 1 aliphatic rings. The molecule has 0 aliphatic heterocycles. The normalized spacial score (nSPS) is 14.2. The molecule has 0 radical (unpaired) electrons. The van der Waals surface area contributed by atoms with Gasteiger partial charge in [0.25, 0.3) is 0 Å². The van der Waals surface area contributed by atoms with Crippen LogP contribution in [0.2, 0.25) is 0 Å². The second kappa shape index (κ2) is 11.9. The third-order valence-corrected chi connectivity index (χ3v) is 6.63. The number of benzene rings is 1. The first-order valence-electron chi connectivity index (χ1n) is 13.2. The minimum Gasteiger partial charge on any atom is -0.497 e. The summed E-state index contributed by atoms with van der Waals surface area (Å²) in [7, 11) is 1.56. The number of rotatable bonds is 11. The highest BCUT2D eigenvalue weighted by atomic mass is 19.1. The lowest BCUT2D eigenvalue weighted by Gasteiger charge is -2.21. The number of carbonyl (C=O) groups is 1. The number of nitrogens with zero attached hydrogens (tertiary/aromatic N) is 2. The van der Waals surface area contributed by atoms with Crippen molar-refractivity contribution in [1.29, 1.82) is 0 Å². The zero-order chi connectivity index (χ0) is 27.3. The molecule has 202 valence electrons. The highest BCUT2D eigenvalue weighted by molar-refractivity contribution is 5.70. The lowest BCUT2D eigenvalue weighted by Crippen LogP contribution is -2.13. The van der Waals surface area contributed by atoms with Crippen molar-refractivity contribution in [2.45, 2.75) is 65.9 Å². The molecule has 2 heterocycles. The molecule has 0 spiro atoms. The summed E-state index contributed by atoms with van der Waals surface area (Å²) in [5.41, 5.74) is 3.84. The van der Waals surface area contributed by atoms with Gasteiger partial charge in [-0.15, -0.1) is 0 Å². The van der Waals surface area contributed by atoms with Crippen LogP contribution in [0.1, 0.15) is 69.6 Å². The number of methoxy groups -OCH3 is 1. The van der Waals surface area contributed by atoms with Crippen LogP contribution in [0.15, 0.2) is 48.8 Å². The average Bonchev–Trinajstić information content (AvgIpc) is 3.71. The monoisotopic (exact) mass is 520 g/mol. The second-order valence-corrected chi connectivity index (χ2v) is 11.1. The van der Waals surface area contributed by atoms with Crippen LogP contribution < -0.4 is 9.47 Å². The molecule has 2 aromatic heterocycles. The van der Waals surface area contributed by atoms with Crippen molar-refractivity contribution in [2.24, 2.45) is 11.3 Å². The summed E-state index contributed by atoms with van der Waals surface area (Å²) in [6.45, 7) is 8.91. The van der Waals surface area contributed by atoms with E-state index in [4.69, 9.17) is 14.2 Å². The van der Waals surface area contributed by atoms with Gasteiger partial charge < -0.3 is 14.2 Å². The van der Waals surface area contributed by atoms with E-state index in [9.17, 15) is 9.18 Å². The number of carbonyl (C=O) groups excluding carboxylic acids is 1. The Kier molecular flexibility index (Phi) is 8.65. The second-order valence-electron chi connectivity index (χ2n) is 11.1. The fourth-order valence-corrected chi connectivity index (χ4v) is 4.75. The van der Waals surface area contributed by atoms with Gasteiger partial charge in [-0.3, -0.25) is 9.78 Å². The molecule has 0 saturated heterocycles. The Hall–Kier alpha value is -3.48. The maximum atomic E-state index is 14.8. The molecule has 0 bridgehead atoms. The first-order chi connectivity index (χ1) is 18.2. The van der Waals surface area contributed by atoms with Crippen molar-refractivity contribution in [3.63, 3.8) is 0 Å². The topological polar surface area (TPSA) is 70.5 Å². The Bertz CT molecular complexity index is 1270. The van der Waals surface area contributed by atoms with Crippen LogP contribution in [0.25, 0.3) is 11.3 Å². The molecule has 1 aromatic carbocycles. The van der Waals surface area contributed by atoms with Gasteiger partial charge >= 0.3 is 5.97 Å². The first kappa shape index (κ1) is 27.6. The Morgan fingerprint density at radius 3 is 2.61 bits per heavy atom. The molecular weight excluding hydrogens is 483 g/mol. The molecule has 0 amide bonds. The minimum atomic E-state index is -0.341. The van der Waals surface area contributed by atoms with E-state index in [0.717, 1.165) is 29.5 Å². The van der Waals surface area contributed by atoms with E-state index < -0.39 is 0 Å². The highest BCUT2D eigenvalue weighted by Crippen LogP contribution is 2.45. The van der Waals surface area contributed by atoms with Gasteiger partial charge in [0.1, 0.15) is 18.2 Å². The molecule has 7 heteroatoms. The molecule has 1 fully saturated rings. The Morgan fingerprint density at radius 1 is 1.13 bits per heavy atom. The average molecular weight is 521 g/mol. The van der Waals surface area contributed by atoms with E-state index in [1.807, 2.05) is 25.1 Å². The number of aromatic nitrogens is 2. The predicted molar refractivity (Wildman–Crippen MR) is 145 cm³/mol. The van der Waals surface area contributed by atoms with Crippen LogP contribution in [0, 0.1) is 17.2 Å². The number of halogens is 1. The molecule has 1 unspecified atom stereocenters. The van der Waals surface area contributed by atoms with Crippen LogP contribution in [-0.2, 0) is 22.6 Å². The van der Waals surface area contributed by atoms with E-state index in [1.165, 1.54) is 6.07 Å². The molecule has 0 N–H and O–H groups in total. The molecule has 1 aliphatic carbocycles. The standard InChI is InChI=1S/C31H37FN2O4/c1-6-37-29(35)16-25(21-7-8-21)22-11-12-33-28(14-22)38-19-20-13-23(17-31(2,3)4)30(34-18-20)26-15-24(36-5)9-10-27(26)32/h9-15,18,21,25H,6-8,16-17,19H2,1-5H3. The fourth-order valence-electron chi connectivity index (χ4n) is 4.75. The summed E-state index contributed by atoms with van der Waals surface area (Å²) < 4.78 is 31.4. The summed E-state index contributed by atoms with van der Waals surface area (Å²) in [6, 6.07) is 10.6.